The van der Waals surface area contributed by atoms with Gasteiger partial charge < -0.3 is 15.4 Å². The van der Waals surface area contributed by atoms with Gasteiger partial charge in [-0.2, -0.15) is 0 Å². The lowest BCUT2D eigenvalue weighted by molar-refractivity contribution is -0.134. The minimum atomic E-state index is -0.346. The molecule has 1 rings (SSSR count). The Morgan fingerprint density at radius 2 is 1.17 bits per heavy atom. The van der Waals surface area contributed by atoms with Crippen LogP contribution in [0.4, 0.5) is 11.4 Å². The van der Waals surface area contributed by atoms with Crippen LogP contribution in [0.5, 0.6) is 5.75 Å². The molecule has 198 valence electrons. The molecule has 0 aliphatic heterocycles. The summed E-state index contributed by atoms with van der Waals surface area (Å²) in [5.41, 5.74) is 2.67. The third-order valence-electron chi connectivity index (χ3n) is 6.30. The normalized spacial score (nSPS) is 10.8. The van der Waals surface area contributed by atoms with Gasteiger partial charge in [-0.25, -0.2) is 0 Å². The first-order chi connectivity index (χ1) is 16.8. The van der Waals surface area contributed by atoms with Gasteiger partial charge in [0, 0.05) is 19.3 Å². The standard InChI is InChI=1S/C29H48N2O4/c1-6-9-12-15-18-25(32)30-24-21-22(4)23(5)28(31-26(33)19-16-13-10-7-2)29(24)35-27(34)20-17-14-11-8-3/h21H,6-20H2,1-5H3,(H,30,32)(H,31,33). The van der Waals surface area contributed by atoms with E-state index in [2.05, 4.69) is 31.4 Å². The number of benzene rings is 1. The van der Waals surface area contributed by atoms with Gasteiger partial charge in [-0.15, -0.1) is 0 Å². The van der Waals surface area contributed by atoms with E-state index < -0.39 is 0 Å². The van der Waals surface area contributed by atoms with Crippen LogP contribution in [-0.4, -0.2) is 17.8 Å². The fraction of sp³-hybridized carbons (Fsp3) is 0.690. The van der Waals surface area contributed by atoms with Crippen LogP contribution in [-0.2, 0) is 14.4 Å². The molecule has 0 saturated carbocycles. The van der Waals surface area contributed by atoms with E-state index in [1.165, 1.54) is 0 Å². The van der Waals surface area contributed by atoms with Crippen molar-refractivity contribution < 1.29 is 19.1 Å². The van der Waals surface area contributed by atoms with Gasteiger partial charge in [0.05, 0.1) is 11.4 Å². The van der Waals surface area contributed by atoms with E-state index in [0.29, 0.717) is 30.6 Å². The van der Waals surface area contributed by atoms with Crippen LogP contribution in [0.3, 0.4) is 0 Å². The Hall–Kier alpha value is -2.37. The maximum Gasteiger partial charge on any atom is 0.311 e. The SMILES string of the molecule is CCCCCCC(=O)Nc1cc(C)c(C)c(NC(=O)CCCCCC)c1OC(=O)CCCCCC. The zero-order chi connectivity index (χ0) is 26.1. The Bertz CT molecular complexity index is 804. The first-order valence-corrected chi connectivity index (χ1v) is 13.8. The fourth-order valence-electron chi connectivity index (χ4n) is 3.94. The molecule has 0 radical (unpaired) electrons. The number of esters is 1. The Kier molecular flexibility index (Phi) is 15.7. The summed E-state index contributed by atoms with van der Waals surface area (Å²) in [6, 6.07) is 1.83. The monoisotopic (exact) mass is 488 g/mol. The van der Waals surface area contributed by atoms with E-state index in [4.69, 9.17) is 4.74 Å². The molecule has 6 heteroatoms. The van der Waals surface area contributed by atoms with Crippen molar-refractivity contribution in [2.75, 3.05) is 10.6 Å². The van der Waals surface area contributed by atoms with Gasteiger partial charge >= 0.3 is 5.97 Å². The van der Waals surface area contributed by atoms with Gasteiger partial charge in [-0.1, -0.05) is 78.6 Å². The van der Waals surface area contributed by atoms with Crippen LogP contribution in [0.25, 0.3) is 0 Å². The van der Waals surface area contributed by atoms with Crippen LogP contribution in [0, 0.1) is 13.8 Å². The number of carbonyl (C=O) groups is 3. The average molecular weight is 489 g/mol. The molecule has 2 N–H and O–H groups in total. The predicted octanol–water partition coefficient (Wildman–Crippen LogP) is 8.00. The molecule has 35 heavy (non-hydrogen) atoms. The maximum atomic E-state index is 12.7. The number of carbonyl (C=O) groups excluding carboxylic acids is 3. The predicted molar refractivity (Wildman–Crippen MR) is 145 cm³/mol. The van der Waals surface area contributed by atoms with Crippen LogP contribution < -0.4 is 15.4 Å². The third-order valence-corrected chi connectivity index (χ3v) is 6.30. The minimum absolute atomic E-state index is 0.105. The summed E-state index contributed by atoms with van der Waals surface area (Å²) in [6.45, 7) is 10.2. The number of anilines is 2. The van der Waals surface area contributed by atoms with Gasteiger partial charge in [0.2, 0.25) is 11.8 Å². The van der Waals surface area contributed by atoms with Crippen molar-refractivity contribution in [2.45, 2.75) is 131 Å². The highest BCUT2D eigenvalue weighted by Gasteiger charge is 2.21. The first kappa shape index (κ1) is 30.7. The second kappa shape index (κ2) is 18.0. The van der Waals surface area contributed by atoms with E-state index >= 15 is 0 Å². The maximum absolute atomic E-state index is 12.7. The molecular weight excluding hydrogens is 440 g/mol. The lowest BCUT2D eigenvalue weighted by Crippen LogP contribution is -2.19. The lowest BCUT2D eigenvalue weighted by atomic mass is 10.0. The summed E-state index contributed by atoms with van der Waals surface area (Å²) < 4.78 is 5.81. The highest BCUT2D eigenvalue weighted by atomic mass is 16.5. The smallest absolute Gasteiger partial charge is 0.311 e. The van der Waals surface area contributed by atoms with Crippen LogP contribution in [0.2, 0.25) is 0 Å². The fourth-order valence-corrected chi connectivity index (χ4v) is 3.94. The van der Waals surface area contributed by atoms with Crippen molar-refractivity contribution >= 4 is 29.2 Å². The molecule has 6 nitrogen and oxygen atoms in total. The topological polar surface area (TPSA) is 84.5 Å². The van der Waals surface area contributed by atoms with Crippen LogP contribution in [0.15, 0.2) is 6.07 Å². The largest absolute Gasteiger partial charge is 0.422 e. The second-order valence-electron chi connectivity index (χ2n) is 9.57. The minimum Gasteiger partial charge on any atom is -0.422 e. The van der Waals surface area contributed by atoms with Gasteiger partial charge in [-0.3, -0.25) is 14.4 Å². The number of rotatable bonds is 18. The molecule has 0 saturated heterocycles. The molecule has 2 amide bonds. The number of unbranched alkanes of at least 4 members (excludes halogenated alkanes) is 9. The summed E-state index contributed by atoms with van der Waals surface area (Å²) in [6.07, 6.45) is 13.1. The number of aryl methyl sites for hydroxylation is 1. The molecule has 0 bridgehead atoms. The summed E-state index contributed by atoms with van der Waals surface area (Å²) in [4.78, 5) is 38.1. The molecule has 0 spiro atoms. The Labute approximate surface area is 213 Å². The molecule has 0 aliphatic rings. The summed E-state index contributed by atoms with van der Waals surface area (Å²) in [7, 11) is 0. The van der Waals surface area contributed by atoms with Gasteiger partial charge in [0.1, 0.15) is 0 Å². The quantitative estimate of drug-likeness (QED) is 0.124. The number of hydrogen-bond donors (Lipinski definition) is 2. The average Bonchev–Trinajstić information content (AvgIpc) is 2.82. The van der Waals surface area contributed by atoms with Crippen molar-refractivity contribution in [1.82, 2.24) is 0 Å². The molecule has 0 atom stereocenters. The van der Waals surface area contributed by atoms with Crippen molar-refractivity contribution in [3.63, 3.8) is 0 Å². The van der Waals surface area contributed by atoms with Crippen molar-refractivity contribution in [1.29, 1.82) is 0 Å². The van der Waals surface area contributed by atoms with Gasteiger partial charge in [-0.05, 0) is 50.3 Å². The number of amides is 2. The second-order valence-corrected chi connectivity index (χ2v) is 9.57. The van der Waals surface area contributed by atoms with Crippen LogP contribution >= 0.6 is 0 Å². The Morgan fingerprint density at radius 3 is 1.69 bits per heavy atom. The summed E-state index contributed by atoms with van der Waals surface area (Å²) in [5.74, 6) is -0.313. The Balaban J connectivity index is 3.10. The van der Waals surface area contributed by atoms with E-state index in [9.17, 15) is 14.4 Å². The van der Waals surface area contributed by atoms with E-state index in [0.717, 1.165) is 88.2 Å². The van der Waals surface area contributed by atoms with Gasteiger partial charge in [0.25, 0.3) is 0 Å². The number of hydrogen-bond acceptors (Lipinski definition) is 4. The summed E-state index contributed by atoms with van der Waals surface area (Å²) >= 11 is 0. The lowest BCUT2D eigenvalue weighted by Gasteiger charge is -2.20. The molecule has 0 aromatic heterocycles. The third kappa shape index (κ3) is 12.2. The van der Waals surface area contributed by atoms with E-state index in [1.54, 1.807) is 0 Å². The highest BCUT2D eigenvalue weighted by molar-refractivity contribution is 5.99. The number of nitrogens with one attached hydrogen (secondary N) is 2. The molecule has 0 fully saturated rings. The van der Waals surface area contributed by atoms with Crippen LogP contribution in [0.1, 0.15) is 128 Å². The Morgan fingerprint density at radius 1 is 0.686 bits per heavy atom. The van der Waals surface area contributed by atoms with Crippen molar-refractivity contribution in [3.05, 3.63) is 17.2 Å². The molecule has 1 aromatic rings. The molecule has 1 aromatic carbocycles. The highest BCUT2D eigenvalue weighted by Crippen LogP contribution is 2.39. The molecule has 0 heterocycles. The summed E-state index contributed by atoms with van der Waals surface area (Å²) in [5, 5.41) is 5.93. The zero-order valence-corrected chi connectivity index (χ0v) is 22.8. The van der Waals surface area contributed by atoms with E-state index in [1.807, 2.05) is 19.9 Å². The van der Waals surface area contributed by atoms with E-state index in [-0.39, 0.29) is 23.5 Å². The molecular formula is C29H48N2O4. The van der Waals surface area contributed by atoms with Crippen molar-refractivity contribution in [3.8, 4) is 5.75 Å². The first-order valence-electron chi connectivity index (χ1n) is 13.8. The molecule has 0 unspecified atom stereocenters. The molecule has 0 aliphatic carbocycles. The van der Waals surface area contributed by atoms with Gasteiger partial charge in [0.15, 0.2) is 5.75 Å². The zero-order valence-electron chi connectivity index (χ0n) is 22.8. The van der Waals surface area contributed by atoms with Crippen molar-refractivity contribution in [2.24, 2.45) is 0 Å². The number of ether oxygens (including phenoxy) is 1.